The summed E-state index contributed by atoms with van der Waals surface area (Å²) in [6, 6.07) is 1.18. The molecule has 0 aliphatic carbocycles. The number of hydrogen-bond donors (Lipinski definition) is 2. The number of aryl methyl sites for hydroxylation is 1. The van der Waals surface area contributed by atoms with E-state index < -0.39 is 12.0 Å². The molecule has 0 aromatic carbocycles. The molecule has 7 heteroatoms. The fourth-order valence-corrected chi connectivity index (χ4v) is 2.19. The molecule has 0 unspecified atom stereocenters. The minimum Gasteiger partial charge on any atom is -0.464 e. The van der Waals surface area contributed by atoms with Gasteiger partial charge in [0.05, 0.1) is 25.5 Å². The quantitative estimate of drug-likeness (QED) is 0.770. The Labute approximate surface area is 117 Å². The number of hydrogen-bond acceptors (Lipinski definition) is 5. The van der Waals surface area contributed by atoms with E-state index in [0.717, 1.165) is 0 Å². The molecule has 1 aliphatic rings. The van der Waals surface area contributed by atoms with Crippen molar-refractivity contribution in [3.63, 3.8) is 0 Å². The molecule has 0 spiro atoms. The highest BCUT2D eigenvalue weighted by molar-refractivity contribution is 5.97. The summed E-state index contributed by atoms with van der Waals surface area (Å²) in [6.45, 7) is 3.09. The van der Waals surface area contributed by atoms with E-state index in [1.807, 2.05) is 6.92 Å². The Balaban J connectivity index is 2.06. The number of carbonyl (C=O) groups excluding carboxylic acids is 2. The maximum Gasteiger partial charge on any atom is 0.354 e. The maximum absolute atomic E-state index is 12.2. The Morgan fingerprint density at radius 1 is 1.55 bits per heavy atom. The third-order valence-corrected chi connectivity index (χ3v) is 3.27. The van der Waals surface area contributed by atoms with Crippen LogP contribution in [0.25, 0.3) is 0 Å². The van der Waals surface area contributed by atoms with Crippen LogP contribution in [0.3, 0.4) is 0 Å². The largest absolute Gasteiger partial charge is 0.464 e. The Morgan fingerprint density at radius 2 is 2.30 bits per heavy atom. The van der Waals surface area contributed by atoms with Crippen molar-refractivity contribution < 1.29 is 19.1 Å². The van der Waals surface area contributed by atoms with Crippen LogP contribution in [-0.2, 0) is 21.3 Å². The lowest BCUT2D eigenvalue weighted by Gasteiger charge is -2.29. The summed E-state index contributed by atoms with van der Waals surface area (Å²) in [4.78, 5) is 23.7. The number of ether oxygens (including phenoxy) is 2. The third-order valence-electron chi connectivity index (χ3n) is 3.27. The molecule has 0 bridgehead atoms. The first-order valence-corrected chi connectivity index (χ1v) is 6.43. The summed E-state index contributed by atoms with van der Waals surface area (Å²) in [6.07, 6.45) is 1.48. The second kappa shape index (κ2) is 6.06. The lowest BCUT2D eigenvalue weighted by Crippen LogP contribution is -2.53. The summed E-state index contributed by atoms with van der Waals surface area (Å²) in [7, 11) is 3.03. The number of amides is 1. The monoisotopic (exact) mass is 281 g/mol. The van der Waals surface area contributed by atoms with Crippen molar-refractivity contribution in [2.45, 2.75) is 19.1 Å². The zero-order valence-electron chi connectivity index (χ0n) is 11.8. The molecule has 0 radical (unpaired) electrons. The van der Waals surface area contributed by atoms with Gasteiger partial charge in [0.15, 0.2) is 0 Å². The number of anilines is 1. The molecule has 1 fully saturated rings. The zero-order chi connectivity index (χ0) is 14.7. The van der Waals surface area contributed by atoms with E-state index in [0.29, 0.717) is 24.5 Å². The summed E-state index contributed by atoms with van der Waals surface area (Å²) < 4.78 is 11.7. The molecule has 2 heterocycles. The second-order valence-electron chi connectivity index (χ2n) is 4.71. The van der Waals surface area contributed by atoms with Gasteiger partial charge in [-0.3, -0.25) is 4.79 Å². The number of rotatable bonds is 3. The van der Waals surface area contributed by atoms with Gasteiger partial charge >= 0.3 is 5.97 Å². The Kier molecular flexibility index (Phi) is 4.41. The molecule has 2 atom stereocenters. The maximum atomic E-state index is 12.2. The van der Waals surface area contributed by atoms with Crippen LogP contribution in [0.2, 0.25) is 0 Å². The van der Waals surface area contributed by atoms with Crippen LogP contribution in [0, 0.1) is 0 Å². The number of nitrogens with one attached hydrogen (secondary N) is 2. The molecule has 1 aromatic rings. The average Bonchev–Trinajstić information content (AvgIpc) is 2.79. The SMILES string of the molecule is COC(=O)c1cc(NC(=O)[C@H]2NCCO[C@@H]2C)cn1C. The van der Waals surface area contributed by atoms with Gasteiger partial charge in [0.25, 0.3) is 0 Å². The van der Waals surface area contributed by atoms with Crippen LogP contribution in [0.4, 0.5) is 5.69 Å². The van der Waals surface area contributed by atoms with Crippen LogP contribution in [0.15, 0.2) is 12.3 Å². The van der Waals surface area contributed by atoms with Gasteiger partial charge in [-0.15, -0.1) is 0 Å². The van der Waals surface area contributed by atoms with Crippen molar-refractivity contribution in [1.29, 1.82) is 0 Å². The minimum atomic E-state index is -0.444. The first-order chi connectivity index (χ1) is 9.52. The molecule has 110 valence electrons. The van der Waals surface area contributed by atoms with Crippen LogP contribution >= 0.6 is 0 Å². The van der Waals surface area contributed by atoms with E-state index >= 15 is 0 Å². The van der Waals surface area contributed by atoms with E-state index in [1.165, 1.54) is 7.11 Å². The number of morpholine rings is 1. The molecule has 1 amide bonds. The standard InChI is InChI=1S/C13H19N3O4/c1-8-11(14-4-5-20-8)12(17)15-9-6-10(13(18)19-3)16(2)7-9/h6-8,11,14H,4-5H2,1-3H3,(H,15,17)/t8-,11+/m1/s1. The predicted octanol–water partition coefficient (Wildman–Crippen LogP) is 0.127. The number of aromatic nitrogens is 1. The minimum absolute atomic E-state index is 0.181. The normalized spacial score (nSPS) is 22.4. The highest BCUT2D eigenvalue weighted by Gasteiger charge is 2.28. The van der Waals surface area contributed by atoms with Gasteiger partial charge in [-0.2, -0.15) is 0 Å². The Hall–Kier alpha value is -1.86. The van der Waals surface area contributed by atoms with Crippen LogP contribution < -0.4 is 10.6 Å². The van der Waals surface area contributed by atoms with Crippen molar-refractivity contribution >= 4 is 17.6 Å². The smallest absolute Gasteiger partial charge is 0.354 e. The van der Waals surface area contributed by atoms with Crippen molar-refractivity contribution in [2.24, 2.45) is 7.05 Å². The second-order valence-corrected chi connectivity index (χ2v) is 4.71. The Bertz CT molecular complexity index is 512. The molecule has 1 saturated heterocycles. The molecule has 7 nitrogen and oxygen atoms in total. The first-order valence-electron chi connectivity index (χ1n) is 6.43. The molecule has 1 aliphatic heterocycles. The first kappa shape index (κ1) is 14.5. The number of nitrogens with zero attached hydrogens (tertiary/aromatic N) is 1. The summed E-state index contributed by atoms with van der Waals surface area (Å²) >= 11 is 0. The molecular weight excluding hydrogens is 262 g/mol. The molecule has 0 saturated carbocycles. The van der Waals surface area contributed by atoms with Crippen molar-refractivity contribution in [2.75, 3.05) is 25.6 Å². The highest BCUT2D eigenvalue weighted by atomic mass is 16.5. The van der Waals surface area contributed by atoms with Gasteiger partial charge in [-0.05, 0) is 13.0 Å². The fourth-order valence-electron chi connectivity index (χ4n) is 2.19. The predicted molar refractivity (Wildman–Crippen MR) is 72.6 cm³/mol. The van der Waals surface area contributed by atoms with Crippen molar-refractivity contribution in [1.82, 2.24) is 9.88 Å². The van der Waals surface area contributed by atoms with Gasteiger partial charge in [0.1, 0.15) is 11.7 Å². The summed E-state index contributed by atoms with van der Waals surface area (Å²) in [5, 5.41) is 5.88. The lowest BCUT2D eigenvalue weighted by atomic mass is 10.1. The number of carbonyl (C=O) groups is 2. The zero-order valence-corrected chi connectivity index (χ0v) is 11.8. The molecule has 1 aromatic heterocycles. The van der Waals surface area contributed by atoms with E-state index in [-0.39, 0.29) is 12.0 Å². The van der Waals surface area contributed by atoms with Gasteiger partial charge in [-0.1, -0.05) is 0 Å². The molecule has 2 N–H and O–H groups in total. The van der Waals surface area contributed by atoms with Crippen molar-refractivity contribution in [3.8, 4) is 0 Å². The van der Waals surface area contributed by atoms with E-state index in [2.05, 4.69) is 15.4 Å². The topological polar surface area (TPSA) is 81.6 Å². The van der Waals surface area contributed by atoms with Gasteiger partial charge < -0.3 is 24.7 Å². The third kappa shape index (κ3) is 3.00. The van der Waals surface area contributed by atoms with Crippen molar-refractivity contribution in [3.05, 3.63) is 18.0 Å². The van der Waals surface area contributed by atoms with Crippen LogP contribution in [0.5, 0.6) is 0 Å². The summed E-state index contributed by atoms with van der Waals surface area (Å²) in [5.41, 5.74) is 0.932. The molecule has 2 rings (SSSR count). The van der Waals surface area contributed by atoms with Gasteiger partial charge in [0, 0.05) is 19.8 Å². The Morgan fingerprint density at radius 3 is 2.95 bits per heavy atom. The van der Waals surface area contributed by atoms with E-state index in [9.17, 15) is 9.59 Å². The molecule has 20 heavy (non-hydrogen) atoms. The highest BCUT2D eigenvalue weighted by Crippen LogP contribution is 2.15. The summed E-state index contributed by atoms with van der Waals surface area (Å²) in [5.74, 6) is -0.625. The van der Waals surface area contributed by atoms with E-state index in [1.54, 1.807) is 23.9 Å². The van der Waals surface area contributed by atoms with Gasteiger partial charge in [-0.25, -0.2) is 4.79 Å². The number of esters is 1. The van der Waals surface area contributed by atoms with Crippen LogP contribution in [0.1, 0.15) is 17.4 Å². The van der Waals surface area contributed by atoms with Gasteiger partial charge in [0.2, 0.25) is 5.91 Å². The average molecular weight is 281 g/mol. The lowest BCUT2D eigenvalue weighted by molar-refractivity contribution is -0.123. The van der Waals surface area contributed by atoms with Crippen LogP contribution in [-0.4, -0.2) is 48.9 Å². The van der Waals surface area contributed by atoms with E-state index in [4.69, 9.17) is 4.74 Å². The number of methoxy groups -OCH3 is 1. The molecular formula is C13H19N3O4. The fraction of sp³-hybridized carbons (Fsp3) is 0.538.